The van der Waals surface area contributed by atoms with Crippen LogP contribution in [0.1, 0.15) is 49.7 Å². The first kappa shape index (κ1) is 13.8. The lowest BCUT2D eigenvalue weighted by Gasteiger charge is -2.19. The third-order valence-corrected chi connectivity index (χ3v) is 4.78. The van der Waals surface area contributed by atoms with Crippen LogP contribution in [0, 0.1) is 0 Å². The summed E-state index contributed by atoms with van der Waals surface area (Å²) in [4.78, 5) is 7.31. The molecule has 3 rings (SSSR count). The van der Waals surface area contributed by atoms with Gasteiger partial charge in [-0.2, -0.15) is 0 Å². The SMILES string of the molecule is CC(C)(C)NCc1coc(-c2cc3c(s2)CCCC3)n1. The fourth-order valence-electron chi connectivity index (χ4n) is 2.45. The van der Waals surface area contributed by atoms with Crippen molar-refractivity contribution in [1.29, 1.82) is 0 Å². The maximum Gasteiger partial charge on any atom is 0.236 e. The van der Waals surface area contributed by atoms with Crippen LogP contribution in [0.4, 0.5) is 0 Å². The molecule has 1 aliphatic rings. The lowest BCUT2D eigenvalue weighted by molar-refractivity contribution is 0.421. The average molecular weight is 290 g/mol. The van der Waals surface area contributed by atoms with Gasteiger partial charge in [0.05, 0.1) is 10.6 Å². The first-order valence-corrected chi connectivity index (χ1v) is 8.14. The second-order valence-electron chi connectivity index (χ2n) is 6.51. The van der Waals surface area contributed by atoms with Crippen LogP contribution in [0.5, 0.6) is 0 Å². The minimum Gasteiger partial charge on any atom is -0.444 e. The van der Waals surface area contributed by atoms with E-state index in [9.17, 15) is 0 Å². The van der Waals surface area contributed by atoms with Crippen molar-refractivity contribution in [3.8, 4) is 10.8 Å². The topological polar surface area (TPSA) is 38.1 Å². The molecule has 3 nitrogen and oxygen atoms in total. The van der Waals surface area contributed by atoms with Crippen LogP contribution in [0.15, 0.2) is 16.7 Å². The summed E-state index contributed by atoms with van der Waals surface area (Å²) >= 11 is 1.85. The first-order valence-electron chi connectivity index (χ1n) is 7.33. The number of thiophene rings is 1. The lowest BCUT2D eigenvalue weighted by Crippen LogP contribution is -2.35. The first-order chi connectivity index (χ1) is 9.51. The number of rotatable bonds is 3. The Morgan fingerprint density at radius 3 is 2.85 bits per heavy atom. The molecule has 1 N–H and O–H groups in total. The number of fused-ring (bicyclic) bond motifs is 1. The Morgan fingerprint density at radius 1 is 1.30 bits per heavy atom. The summed E-state index contributed by atoms with van der Waals surface area (Å²) in [5.41, 5.74) is 2.58. The Labute approximate surface area is 124 Å². The Morgan fingerprint density at radius 2 is 2.10 bits per heavy atom. The average Bonchev–Trinajstić information content (AvgIpc) is 3.01. The van der Waals surface area contributed by atoms with E-state index < -0.39 is 0 Å². The molecule has 20 heavy (non-hydrogen) atoms. The largest absolute Gasteiger partial charge is 0.444 e. The summed E-state index contributed by atoms with van der Waals surface area (Å²) < 4.78 is 5.65. The molecule has 108 valence electrons. The van der Waals surface area contributed by atoms with Gasteiger partial charge in [-0.15, -0.1) is 11.3 Å². The molecule has 0 fully saturated rings. The summed E-state index contributed by atoms with van der Waals surface area (Å²) in [5.74, 6) is 0.773. The van der Waals surface area contributed by atoms with E-state index in [-0.39, 0.29) is 5.54 Å². The lowest BCUT2D eigenvalue weighted by atomic mass is 9.99. The zero-order valence-corrected chi connectivity index (χ0v) is 13.3. The molecule has 0 spiro atoms. The quantitative estimate of drug-likeness (QED) is 0.922. The molecular weight excluding hydrogens is 268 g/mol. The predicted molar refractivity (Wildman–Crippen MR) is 83.1 cm³/mol. The highest BCUT2D eigenvalue weighted by Crippen LogP contribution is 2.35. The highest BCUT2D eigenvalue weighted by atomic mass is 32.1. The molecule has 0 unspecified atom stereocenters. The van der Waals surface area contributed by atoms with Crippen LogP contribution in [0.25, 0.3) is 10.8 Å². The molecule has 2 aromatic rings. The fraction of sp³-hybridized carbons (Fsp3) is 0.562. The van der Waals surface area contributed by atoms with Crippen LogP contribution in [-0.2, 0) is 19.4 Å². The van der Waals surface area contributed by atoms with E-state index in [1.54, 1.807) is 6.26 Å². The summed E-state index contributed by atoms with van der Waals surface area (Å²) in [7, 11) is 0. The summed E-state index contributed by atoms with van der Waals surface area (Å²) in [6.45, 7) is 7.21. The van der Waals surface area contributed by atoms with Crippen molar-refractivity contribution in [1.82, 2.24) is 10.3 Å². The monoisotopic (exact) mass is 290 g/mol. The van der Waals surface area contributed by atoms with Gasteiger partial charge in [0, 0.05) is 17.0 Å². The number of hydrogen-bond donors (Lipinski definition) is 1. The molecule has 0 atom stereocenters. The molecule has 0 aromatic carbocycles. The van der Waals surface area contributed by atoms with Gasteiger partial charge in [0.2, 0.25) is 5.89 Å². The maximum absolute atomic E-state index is 5.65. The van der Waals surface area contributed by atoms with Crippen molar-refractivity contribution >= 4 is 11.3 Å². The molecule has 0 saturated carbocycles. The predicted octanol–water partition coefficient (Wildman–Crippen LogP) is 4.17. The normalized spacial score (nSPS) is 15.3. The smallest absolute Gasteiger partial charge is 0.236 e. The fourth-order valence-corrected chi connectivity index (χ4v) is 3.64. The minimum atomic E-state index is 0.0983. The van der Waals surface area contributed by atoms with Gasteiger partial charge in [0.1, 0.15) is 6.26 Å². The van der Waals surface area contributed by atoms with E-state index in [4.69, 9.17) is 4.42 Å². The van der Waals surface area contributed by atoms with Crippen molar-refractivity contribution < 1.29 is 4.42 Å². The summed E-state index contributed by atoms with van der Waals surface area (Å²) in [6.07, 6.45) is 6.84. The van der Waals surface area contributed by atoms with Gasteiger partial charge in [0.15, 0.2) is 0 Å². The van der Waals surface area contributed by atoms with Crippen molar-refractivity contribution in [2.45, 2.75) is 58.5 Å². The Kier molecular flexibility index (Phi) is 3.69. The second-order valence-corrected chi connectivity index (χ2v) is 7.65. The van der Waals surface area contributed by atoms with E-state index in [0.717, 1.165) is 18.1 Å². The number of hydrogen-bond acceptors (Lipinski definition) is 4. The summed E-state index contributed by atoms with van der Waals surface area (Å²) in [5, 5.41) is 3.43. The third-order valence-electron chi connectivity index (χ3n) is 3.56. The zero-order valence-electron chi connectivity index (χ0n) is 12.5. The Balaban J connectivity index is 1.74. The van der Waals surface area contributed by atoms with Gasteiger partial charge in [-0.3, -0.25) is 0 Å². The molecular formula is C16H22N2OS. The van der Waals surface area contributed by atoms with E-state index in [2.05, 4.69) is 37.1 Å². The van der Waals surface area contributed by atoms with Crippen LogP contribution in [0.2, 0.25) is 0 Å². The second kappa shape index (κ2) is 5.34. The van der Waals surface area contributed by atoms with Gasteiger partial charge in [-0.05, 0) is 58.1 Å². The Hall–Kier alpha value is -1.13. The molecule has 1 aliphatic carbocycles. The zero-order chi connectivity index (χ0) is 14.2. The molecule has 0 saturated heterocycles. The molecule has 2 aromatic heterocycles. The number of nitrogens with zero attached hydrogens (tertiary/aromatic N) is 1. The van der Waals surface area contributed by atoms with Gasteiger partial charge in [0.25, 0.3) is 0 Å². The van der Waals surface area contributed by atoms with Crippen molar-refractivity contribution in [3.05, 3.63) is 28.5 Å². The van der Waals surface area contributed by atoms with Crippen LogP contribution >= 0.6 is 11.3 Å². The number of aryl methyl sites for hydroxylation is 2. The summed E-state index contributed by atoms with van der Waals surface area (Å²) in [6, 6.07) is 2.27. The van der Waals surface area contributed by atoms with Crippen molar-refractivity contribution in [3.63, 3.8) is 0 Å². The van der Waals surface area contributed by atoms with Gasteiger partial charge in [-0.25, -0.2) is 4.98 Å². The van der Waals surface area contributed by atoms with Crippen molar-refractivity contribution in [2.24, 2.45) is 0 Å². The molecule has 0 amide bonds. The van der Waals surface area contributed by atoms with Crippen LogP contribution in [-0.4, -0.2) is 10.5 Å². The number of nitrogens with one attached hydrogen (secondary N) is 1. The standard InChI is InChI=1S/C16H22N2OS/c1-16(2,3)17-9-12-10-19-15(18-12)14-8-11-6-4-5-7-13(11)20-14/h8,10,17H,4-7,9H2,1-3H3. The third kappa shape index (κ3) is 3.13. The van der Waals surface area contributed by atoms with Crippen molar-refractivity contribution in [2.75, 3.05) is 0 Å². The molecule has 0 radical (unpaired) electrons. The minimum absolute atomic E-state index is 0.0983. The highest BCUT2D eigenvalue weighted by Gasteiger charge is 2.17. The van der Waals surface area contributed by atoms with Crippen LogP contribution in [0.3, 0.4) is 0 Å². The number of oxazole rings is 1. The van der Waals surface area contributed by atoms with E-state index in [1.807, 2.05) is 11.3 Å². The molecule has 0 bridgehead atoms. The maximum atomic E-state index is 5.65. The molecule has 2 heterocycles. The van der Waals surface area contributed by atoms with E-state index in [0.29, 0.717) is 0 Å². The van der Waals surface area contributed by atoms with Gasteiger partial charge in [-0.1, -0.05) is 0 Å². The molecule has 4 heteroatoms. The van der Waals surface area contributed by atoms with E-state index >= 15 is 0 Å². The van der Waals surface area contributed by atoms with Crippen LogP contribution < -0.4 is 5.32 Å². The Bertz CT molecular complexity index is 568. The van der Waals surface area contributed by atoms with E-state index in [1.165, 1.54) is 41.0 Å². The van der Waals surface area contributed by atoms with Gasteiger partial charge < -0.3 is 9.73 Å². The highest BCUT2D eigenvalue weighted by molar-refractivity contribution is 7.15. The molecule has 0 aliphatic heterocycles. The number of aromatic nitrogens is 1. The van der Waals surface area contributed by atoms with Gasteiger partial charge >= 0.3 is 0 Å².